The minimum atomic E-state index is -1.45. The van der Waals surface area contributed by atoms with Gasteiger partial charge in [0.25, 0.3) is 5.91 Å². The van der Waals surface area contributed by atoms with Crippen LogP contribution >= 0.6 is 0 Å². The molecule has 162 valence electrons. The summed E-state index contributed by atoms with van der Waals surface area (Å²) < 4.78 is 19.9. The number of hydrogen-bond acceptors (Lipinski definition) is 10. The van der Waals surface area contributed by atoms with Crippen LogP contribution in [0.2, 0.25) is 0 Å². The molecule has 5 N–H and O–H groups in total. The first-order chi connectivity index (χ1) is 14.2. The second-order valence-corrected chi connectivity index (χ2v) is 7.01. The van der Waals surface area contributed by atoms with Gasteiger partial charge in [-0.05, 0) is 0 Å². The lowest BCUT2D eigenvalue weighted by atomic mass is 9.97. The van der Waals surface area contributed by atoms with Crippen LogP contribution in [0.1, 0.15) is 10.4 Å². The zero-order chi connectivity index (χ0) is 22.0. The highest BCUT2D eigenvalue weighted by atomic mass is 19.1. The van der Waals surface area contributed by atoms with Gasteiger partial charge in [0.2, 0.25) is 5.95 Å². The van der Waals surface area contributed by atoms with Gasteiger partial charge in [0.1, 0.15) is 18.3 Å². The van der Waals surface area contributed by atoms with Gasteiger partial charge in [0.15, 0.2) is 11.6 Å². The van der Waals surface area contributed by atoms with E-state index >= 15 is 0 Å². The molecule has 30 heavy (non-hydrogen) atoms. The molecule has 0 spiro atoms. The fourth-order valence-corrected chi connectivity index (χ4v) is 2.89. The van der Waals surface area contributed by atoms with E-state index in [-0.39, 0.29) is 18.7 Å². The molecule has 0 unspecified atom stereocenters. The first-order valence-electron chi connectivity index (χ1n) is 8.97. The third kappa shape index (κ3) is 4.53. The zero-order valence-corrected chi connectivity index (χ0v) is 16.3. The predicted octanol–water partition coefficient (Wildman–Crippen LogP) is -2.26. The molecule has 2 aromatic rings. The molecule has 4 atom stereocenters. The van der Waals surface area contributed by atoms with E-state index in [1.807, 2.05) is 0 Å². The normalized spacial score (nSPS) is 23.8. The maximum absolute atomic E-state index is 13.6. The number of hydrogen-bond donors (Lipinski definition) is 4. The van der Waals surface area contributed by atoms with Crippen LogP contribution in [0.3, 0.4) is 0 Å². The van der Waals surface area contributed by atoms with E-state index < -0.39 is 47.6 Å². The number of carbonyl (C=O) groups is 1. The molecular formula is C17H22FN7O5. The molecule has 0 aliphatic carbocycles. The maximum Gasteiger partial charge on any atom is 0.349 e. The summed E-state index contributed by atoms with van der Waals surface area (Å²) in [5.41, 5.74) is 4.58. The van der Waals surface area contributed by atoms with Crippen LogP contribution in [0.25, 0.3) is 0 Å². The Hall–Kier alpha value is -3.16. The average molecular weight is 423 g/mol. The Balaban J connectivity index is 1.64. The minimum absolute atomic E-state index is 0.148. The van der Waals surface area contributed by atoms with Gasteiger partial charge >= 0.3 is 5.69 Å². The Morgan fingerprint density at radius 1 is 1.37 bits per heavy atom. The van der Waals surface area contributed by atoms with Gasteiger partial charge < -0.3 is 30.9 Å². The molecule has 1 aliphatic heterocycles. The van der Waals surface area contributed by atoms with Crippen LogP contribution in [0, 0.1) is 5.82 Å². The standard InChI is InChI=1S/C17H22FN7O5/c1-24(2)16-20-3-8(4-21-16)15(28)22-10-7-30-11(13(27)12(10)26)6-25-5-9(18)14(19)23-17(25)29/h3-5,10-13,26-27H,6-7H2,1-2H3,(H,22,28)(H2,19,23,29)/t10-,11-,12+,13-/m1/s1. The Labute approximate surface area is 170 Å². The van der Waals surface area contributed by atoms with E-state index in [0.29, 0.717) is 5.95 Å². The van der Waals surface area contributed by atoms with E-state index in [1.165, 1.54) is 12.4 Å². The summed E-state index contributed by atoms with van der Waals surface area (Å²) in [7, 11) is 3.51. The Morgan fingerprint density at radius 2 is 2.03 bits per heavy atom. The summed E-state index contributed by atoms with van der Waals surface area (Å²) in [5, 5.41) is 23.3. The zero-order valence-electron chi connectivity index (χ0n) is 16.3. The fraction of sp³-hybridized carbons (Fsp3) is 0.471. The molecule has 2 aromatic heterocycles. The third-order valence-corrected chi connectivity index (χ3v) is 4.60. The summed E-state index contributed by atoms with van der Waals surface area (Å²) in [6.07, 6.45) is -0.359. The number of carbonyl (C=O) groups excluding carboxylic acids is 1. The maximum atomic E-state index is 13.6. The molecule has 1 saturated heterocycles. The predicted molar refractivity (Wildman–Crippen MR) is 102 cm³/mol. The van der Waals surface area contributed by atoms with Crippen molar-refractivity contribution in [2.75, 3.05) is 31.3 Å². The van der Waals surface area contributed by atoms with Crippen LogP contribution in [0.4, 0.5) is 16.2 Å². The number of ether oxygens (including phenoxy) is 1. The highest BCUT2D eigenvalue weighted by molar-refractivity contribution is 5.93. The van der Waals surface area contributed by atoms with E-state index in [1.54, 1.807) is 19.0 Å². The van der Waals surface area contributed by atoms with Gasteiger partial charge in [-0.1, -0.05) is 0 Å². The van der Waals surface area contributed by atoms with Gasteiger partial charge in [0, 0.05) is 32.7 Å². The number of aliphatic hydroxyl groups excluding tert-OH is 2. The number of anilines is 2. The van der Waals surface area contributed by atoms with Crippen molar-refractivity contribution in [3.05, 3.63) is 40.5 Å². The summed E-state index contributed by atoms with van der Waals surface area (Å²) >= 11 is 0. The van der Waals surface area contributed by atoms with Gasteiger partial charge in [-0.25, -0.2) is 19.2 Å². The largest absolute Gasteiger partial charge is 0.388 e. The number of nitrogens with one attached hydrogen (secondary N) is 1. The number of aromatic nitrogens is 4. The number of nitrogen functional groups attached to an aromatic ring is 1. The molecule has 0 radical (unpaired) electrons. The molecule has 0 bridgehead atoms. The summed E-state index contributed by atoms with van der Waals surface area (Å²) in [4.78, 5) is 37.3. The molecular weight excluding hydrogens is 401 g/mol. The van der Waals surface area contributed by atoms with Crippen molar-refractivity contribution in [1.82, 2.24) is 24.8 Å². The average Bonchev–Trinajstić information content (AvgIpc) is 2.71. The van der Waals surface area contributed by atoms with E-state index in [9.17, 15) is 24.2 Å². The van der Waals surface area contributed by atoms with E-state index in [4.69, 9.17) is 10.5 Å². The van der Waals surface area contributed by atoms with Crippen LogP contribution < -0.4 is 21.6 Å². The molecule has 1 aliphatic rings. The van der Waals surface area contributed by atoms with Crippen molar-refractivity contribution in [3.8, 4) is 0 Å². The lowest BCUT2D eigenvalue weighted by molar-refractivity contribution is -0.152. The molecule has 0 aromatic carbocycles. The van der Waals surface area contributed by atoms with Crippen molar-refractivity contribution >= 4 is 17.7 Å². The second-order valence-electron chi connectivity index (χ2n) is 7.01. The highest BCUT2D eigenvalue weighted by Crippen LogP contribution is 2.18. The topological polar surface area (TPSA) is 169 Å². The Morgan fingerprint density at radius 3 is 2.67 bits per heavy atom. The number of nitrogens with two attached hydrogens (primary N) is 1. The smallest absolute Gasteiger partial charge is 0.349 e. The number of halogens is 1. The minimum Gasteiger partial charge on any atom is -0.388 e. The van der Waals surface area contributed by atoms with Crippen LogP contribution in [0.15, 0.2) is 23.4 Å². The molecule has 3 rings (SSSR count). The van der Waals surface area contributed by atoms with E-state index in [2.05, 4.69) is 20.3 Å². The Bertz CT molecular complexity index is 968. The highest BCUT2D eigenvalue weighted by Gasteiger charge is 2.39. The summed E-state index contributed by atoms with van der Waals surface area (Å²) in [5.74, 6) is -1.56. The quantitative estimate of drug-likeness (QED) is 0.412. The molecule has 1 amide bonds. The number of nitrogens with zero attached hydrogens (tertiary/aromatic N) is 5. The van der Waals surface area contributed by atoms with Gasteiger partial charge in [-0.15, -0.1) is 0 Å². The van der Waals surface area contributed by atoms with E-state index in [0.717, 1.165) is 10.8 Å². The fourth-order valence-electron chi connectivity index (χ4n) is 2.89. The molecule has 0 saturated carbocycles. The first kappa shape index (κ1) is 21.5. The number of rotatable bonds is 5. The number of amides is 1. The van der Waals surface area contributed by atoms with Gasteiger partial charge in [-0.3, -0.25) is 9.36 Å². The first-order valence-corrected chi connectivity index (χ1v) is 8.97. The van der Waals surface area contributed by atoms with Crippen molar-refractivity contribution in [3.63, 3.8) is 0 Å². The van der Waals surface area contributed by atoms with Crippen molar-refractivity contribution < 1.29 is 24.1 Å². The molecule has 1 fully saturated rings. The van der Waals surface area contributed by atoms with Gasteiger partial charge in [-0.2, -0.15) is 4.98 Å². The van der Waals surface area contributed by atoms with Gasteiger partial charge in [0.05, 0.1) is 24.8 Å². The van der Waals surface area contributed by atoms with Crippen LogP contribution in [-0.4, -0.2) is 80.7 Å². The van der Waals surface area contributed by atoms with Crippen LogP contribution in [-0.2, 0) is 11.3 Å². The molecule has 12 nitrogen and oxygen atoms in total. The lowest BCUT2D eigenvalue weighted by Crippen LogP contribution is -2.60. The van der Waals surface area contributed by atoms with Crippen molar-refractivity contribution in [2.24, 2.45) is 0 Å². The van der Waals surface area contributed by atoms with Crippen molar-refractivity contribution in [1.29, 1.82) is 0 Å². The summed E-state index contributed by atoms with van der Waals surface area (Å²) in [6, 6.07) is -0.921. The number of aliphatic hydroxyl groups is 2. The molecule has 13 heteroatoms. The molecule has 3 heterocycles. The summed E-state index contributed by atoms with van der Waals surface area (Å²) in [6.45, 7) is -0.410. The SMILES string of the molecule is CN(C)c1ncc(C(=O)N[C@@H]2CO[C@H](Cn3cc(F)c(N)nc3=O)[C@@H](O)[C@H]2O)cn1. The third-order valence-electron chi connectivity index (χ3n) is 4.60. The van der Waals surface area contributed by atoms with Crippen LogP contribution in [0.5, 0.6) is 0 Å². The second kappa shape index (κ2) is 8.69. The lowest BCUT2D eigenvalue weighted by Gasteiger charge is -2.38. The van der Waals surface area contributed by atoms with Crippen molar-refractivity contribution in [2.45, 2.75) is 30.9 Å². The Kier molecular flexibility index (Phi) is 6.24. The monoisotopic (exact) mass is 423 g/mol.